The van der Waals surface area contributed by atoms with Crippen molar-refractivity contribution in [2.75, 3.05) is 0 Å². The predicted octanol–water partition coefficient (Wildman–Crippen LogP) is 4.29. The van der Waals surface area contributed by atoms with Gasteiger partial charge in [-0.15, -0.1) is 10.2 Å². The molecule has 3 rings (SSSR count). The van der Waals surface area contributed by atoms with Crippen LogP contribution in [-0.4, -0.2) is 10.1 Å². The molecule has 0 saturated heterocycles. The first-order valence-electron chi connectivity index (χ1n) is 6.44. The maximum Gasteiger partial charge on any atom is 0.384 e. The highest BCUT2D eigenvalue weighted by molar-refractivity contribution is 7.21. The van der Waals surface area contributed by atoms with Crippen LogP contribution in [0.5, 0.6) is 0 Å². The molecular weight excluding hydrogens is 288 g/mol. The molecule has 0 radical (unpaired) electrons. The number of benzene rings is 1. The molecule has 0 amide bonds. The summed E-state index contributed by atoms with van der Waals surface area (Å²) in [5.74, 6) is 0. The number of aromatic nitrogens is 2. The molecule has 3 aromatic rings. The maximum absolute atomic E-state index is 11.7. The molecule has 0 saturated carbocycles. The fourth-order valence-corrected chi connectivity index (χ4v) is 2.68. The number of H-pyrrole nitrogens is 1. The lowest BCUT2D eigenvalue weighted by Gasteiger charge is -2.14. The molecule has 0 aliphatic carbocycles. The molecule has 0 fully saturated rings. The van der Waals surface area contributed by atoms with Crippen LogP contribution < -0.4 is 5.63 Å². The van der Waals surface area contributed by atoms with E-state index in [-0.39, 0.29) is 11.1 Å². The number of aromatic amines is 1. The normalized spacial score (nSPS) is 12.5. The van der Waals surface area contributed by atoms with E-state index in [9.17, 15) is 4.79 Å². The van der Waals surface area contributed by atoms with Crippen LogP contribution in [0.25, 0.3) is 10.2 Å². The van der Waals surface area contributed by atoms with Gasteiger partial charge in [-0.2, -0.15) is 0 Å². The van der Waals surface area contributed by atoms with E-state index in [1.807, 2.05) is 45.0 Å². The fourth-order valence-electron chi connectivity index (χ4n) is 1.89. The van der Waals surface area contributed by atoms with Gasteiger partial charge >= 0.3 is 5.63 Å². The lowest BCUT2D eigenvalue weighted by Crippen LogP contribution is -2.12. The summed E-state index contributed by atoms with van der Waals surface area (Å²) in [5, 5.41) is 11.2. The molecule has 0 aliphatic heterocycles. The number of azo groups is 1. The Balaban J connectivity index is 2.00. The van der Waals surface area contributed by atoms with Gasteiger partial charge in [0.15, 0.2) is 5.69 Å². The van der Waals surface area contributed by atoms with Crippen molar-refractivity contribution in [1.29, 1.82) is 0 Å². The van der Waals surface area contributed by atoms with E-state index in [2.05, 4.69) is 20.4 Å². The van der Waals surface area contributed by atoms with Crippen molar-refractivity contribution in [2.24, 2.45) is 10.2 Å². The van der Waals surface area contributed by atoms with Crippen molar-refractivity contribution in [1.82, 2.24) is 10.1 Å². The summed E-state index contributed by atoms with van der Waals surface area (Å²) in [5.41, 5.74) is 0.881. The molecule has 0 spiro atoms. The Morgan fingerprint density at radius 1 is 1.24 bits per heavy atom. The SMILES string of the molecule is CC(C)(C)c1[nH]oc(=O)c1N=Nc1nc2ccccc2s1. The Labute approximate surface area is 124 Å². The minimum atomic E-state index is -0.523. The predicted molar refractivity (Wildman–Crippen MR) is 81.8 cm³/mol. The fraction of sp³-hybridized carbons (Fsp3) is 0.286. The molecule has 0 bridgehead atoms. The highest BCUT2D eigenvalue weighted by atomic mass is 32.1. The van der Waals surface area contributed by atoms with E-state index in [1.165, 1.54) is 11.3 Å². The second-order valence-electron chi connectivity index (χ2n) is 5.63. The number of rotatable bonds is 2. The molecule has 21 heavy (non-hydrogen) atoms. The summed E-state index contributed by atoms with van der Waals surface area (Å²) >= 11 is 1.42. The number of nitrogens with one attached hydrogen (secondary N) is 1. The third kappa shape index (κ3) is 2.64. The number of fused-ring (bicyclic) bond motifs is 1. The summed E-state index contributed by atoms with van der Waals surface area (Å²) in [7, 11) is 0. The number of hydrogen-bond acceptors (Lipinski definition) is 6. The lowest BCUT2D eigenvalue weighted by molar-refractivity contribution is 0.370. The first kappa shape index (κ1) is 13.7. The van der Waals surface area contributed by atoms with Crippen molar-refractivity contribution in [3.05, 3.63) is 40.4 Å². The average molecular weight is 302 g/mol. The van der Waals surface area contributed by atoms with Gasteiger partial charge < -0.3 is 4.52 Å². The molecule has 0 unspecified atom stereocenters. The van der Waals surface area contributed by atoms with Crippen LogP contribution in [0.2, 0.25) is 0 Å². The number of hydrogen-bond donors (Lipinski definition) is 1. The number of nitrogens with zero attached hydrogens (tertiary/aromatic N) is 3. The van der Waals surface area contributed by atoms with Gasteiger partial charge in [0.25, 0.3) is 0 Å². The molecule has 108 valence electrons. The second kappa shape index (κ2) is 4.92. The van der Waals surface area contributed by atoms with E-state index in [1.54, 1.807) is 0 Å². The zero-order valence-corrected chi connectivity index (χ0v) is 12.7. The number of thiazole rings is 1. The Hall–Kier alpha value is -2.28. The van der Waals surface area contributed by atoms with Gasteiger partial charge in [-0.1, -0.05) is 44.2 Å². The summed E-state index contributed by atoms with van der Waals surface area (Å²) in [6, 6.07) is 7.74. The lowest BCUT2D eigenvalue weighted by atomic mass is 9.91. The molecule has 2 aromatic heterocycles. The van der Waals surface area contributed by atoms with Crippen molar-refractivity contribution >= 4 is 32.4 Å². The highest BCUT2D eigenvalue weighted by Crippen LogP contribution is 2.31. The van der Waals surface area contributed by atoms with Gasteiger partial charge in [0.2, 0.25) is 5.13 Å². The smallest absolute Gasteiger partial charge is 0.336 e. The quantitative estimate of drug-likeness (QED) is 0.717. The highest BCUT2D eigenvalue weighted by Gasteiger charge is 2.24. The van der Waals surface area contributed by atoms with Crippen molar-refractivity contribution in [3.63, 3.8) is 0 Å². The van der Waals surface area contributed by atoms with E-state index in [0.717, 1.165) is 10.2 Å². The first-order chi connectivity index (χ1) is 9.95. The largest absolute Gasteiger partial charge is 0.384 e. The molecule has 7 heteroatoms. The van der Waals surface area contributed by atoms with E-state index >= 15 is 0 Å². The van der Waals surface area contributed by atoms with Crippen molar-refractivity contribution in [2.45, 2.75) is 26.2 Å². The molecule has 2 heterocycles. The summed E-state index contributed by atoms with van der Waals surface area (Å²) in [6.07, 6.45) is 0. The van der Waals surface area contributed by atoms with Gasteiger partial charge in [-0.3, -0.25) is 0 Å². The van der Waals surface area contributed by atoms with E-state index in [0.29, 0.717) is 10.8 Å². The van der Waals surface area contributed by atoms with Crippen LogP contribution in [0.15, 0.2) is 43.8 Å². The molecule has 6 nitrogen and oxygen atoms in total. The summed E-state index contributed by atoms with van der Waals surface area (Å²) in [4.78, 5) is 16.1. The van der Waals surface area contributed by atoms with Gasteiger partial charge in [0, 0.05) is 5.41 Å². The van der Waals surface area contributed by atoms with E-state index in [4.69, 9.17) is 4.52 Å². The molecule has 0 atom stereocenters. The Morgan fingerprint density at radius 2 is 2.00 bits per heavy atom. The minimum Gasteiger partial charge on any atom is -0.336 e. The molecule has 0 aliphatic rings. The van der Waals surface area contributed by atoms with Crippen LogP contribution in [0, 0.1) is 0 Å². The molecule has 1 aromatic carbocycles. The summed E-state index contributed by atoms with van der Waals surface area (Å²) in [6.45, 7) is 5.89. The van der Waals surface area contributed by atoms with Crippen LogP contribution in [0.1, 0.15) is 26.5 Å². The monoisotopic (exact) mass is 302 g/mol. The zero-order valence-electron chi connectivity index (χ0n) is 11.9. The average Bonchev–Trinajstić information content (AvgIpc) is 2.98. The van der Waals surface area contributed by atoms with Crippen molar-refractivity contribution < 1.29 is 4.52 Å². The van der Waals surface area contributed by atoms with E-state index < -0.39 is 5.63 Å². The van der Waals surface area contributed by atoms with Crippen LogP contribution in [-0.2, 0) is 5.41 Å². The second-order valence-corrected chi connectivity index (χ2v) is 6.64. The number of para-hydroxylation sites is 1. The Bertz CT molecular complexity index is 834. The maximum atomic E-state index is 11.7. The third-order valence-corrected chi connectivity index (χ3v) is 3.86. The van der Waals surface area contributed by atoms with Crippen molar-refractivity contribution in [3.8, 4) is 0 Å². The summed E-state index contributed by atoms with van der Waals surface area (Å²) < 4.78 is 5.85. The Kier molecular flexibility index (Phi) is 3.21. The van der Waals surface area contributed by atoms with Crippen LogP contribution >= 0.6 is 11.3 Å². The topological polar surface area (TPSA) is 83.6 Å². The third-order valence-electron chi connectivity index (χ3n) is 2.94. The molecular formula is C14H14N4O2S. The van der Waals surface area contributed by atoms with Gasteiger partial charge in [0.1, 0.15) is 0 Å². The van der Waals surface area contributed by atoms with Gasteiger partial charge in [-0.05, 0) is 12.1 Å². The zero-order chi connectivity index (χ0) is 15.0. The van der Waals surface area contributed by atoms with Gasteiger partial charge in [0.05, 0.1) is 15.9 Å². The van der Waals surface area contributed by atoms with Gasteiger partial charge in [-0.25, -0.2) is 14.9 Å². The minimum absolute atomic E-state index is 0.196. The first-order valence-corrected chi connectivity index (χ1v) is 7.26. The van der Waals surface area contributed by atoms with Crippen LogP contribution in [0.4, 0.5) is 10.8 Å². The molecule has 1 N–H and O–H groups in total. The van der Waals surface area contributed by atoms with Crippen LogP contribution in [0.3, 0.4) is 0 Å². The Morgan fingerprint density at radius 3 is 2.71 bits per heavy atom. The standard InChI is InChI=1S/C14H14N4O2S/c1-14(2,3)11-10(12(19)20-18-11)16-17-13-15-8-6-4-5-7-9(8)21-13/h4-7,18H,1-3H3.